The first-order valence-corrected chi connectivity index (χ1v) is 21.1. The van der Waals surface area contributed by atoms with Crippen molar-refractivity contribution >= 4 is 11.9 Å². The van der Waals surface area contributed by atoms with Gasteiger partial charge in [-0.3, -0.25) is 9.59 Å². The first-order valence-electron chi connectivity index (χ1n) is 21.1. The Morgan fingerprint density at radius 3 is 1.42 bits per heavy atom. The van der Waals surface area contributed by atoms with Crippen LogP contribution in [-0.2, 0) is 29.9 Å². The number of rotatable bonds is 17. The predicted octanol–water partition coefficient (Wildman–Crippen LogP) is 11.1. The van der Waals surface area contributed by atoms with Gasteiger partial charge in [-0.15, -0.1) is 0 Å². The molecule has 8 heteroatoms. The highest BCUT2D eigenvalue weighted by Gasteiger charge is 2.47. The zero-order valence-electron chi connectivity index (χ0n) is 37.0. The SMILES string of the molecule is COc1ccc(C(C)(C)c2ccc(OC(=O)C(C)(C)C(C)(C)OCCOc3ccc(C4(c5ccc(OCCOC(C)=O)cc5)c5ccccc5-c5ccccc54)cc3)cc2)cc1. The molecule has 6 aromatic rings. The van der Waals surface area contributed by atoms with Crippen molar-refractivity contribution in [1.82, 2.24) is 0 Å². The van der Waals surface area contributed by atoms with E-state index in [2.05, 4.69) is 98.8 Å². The third-order valence-corrected chi connectivity index (χ3v) is 12.6. The lowest BCUT2D eigenvalue weighted by atomic mass is 9.68. The van der Waals surface area contributed by atoms with Crippen LogP contribution in [0.1, 0.15) is 81.8 Å². The molecule has 1 aliphatic carbocycles. The van der Waals surface area contributed by atoms with Crippen LogP contribution in [0.15, 0.2) is 146 Å². The van der Waals surface area contributed by atoms with Gasteiger partial charge in [0.15, 0.2) is 0 Å². The highest BCUT2D eigenvalue weighted by Crippen LogP contribution is 2.56. The summed E-state index contributed by atoms with van der Waals surface area (Å²) in [6.07, 6.45) is 0. The molecule has 1 aliphatic rings. The van der Waals surface area contributed by atoms with Crippen molar-refractivity contribution in [3.05, 3.63) is 179 Å². The van der Waals surface area contributed by atoms with Gasteiger partial charge in [0, 0.05) is 12.3 Å². The van der Waals surface area contributed by atoms with Crippen LogP contribution in [-0.4, -0.2) is 51.1 Å². The van der Waals surface area contributed by atoms with E-state index in [4.69, 9.17) is 28.4 Å². The molecule has 0 saturated carbocycles. The molecule has 0 spiro atoms. The number of hydrogen-bond acceptors (Lipinski definition) is 8. The van der Waals surface area contributed by atoms with Gasteiger partial charge in [0.2, 0.25) is 0 Å². The first-order chi connectivity index (χ1) is 29.7. The van der Waals surface area contributed by atoms with Gasteiger partial charge >= 0.3 is 11.9 Å². The van der Waals surface area contributed by atoms with E-state index >= 15 is 0 Å². The van der Waals surface area contributed by atoms with E-state index in [0.29, 0.717) is 17.2 Å². The molecule has 0 fully saturated rings. The van der Waals surface area contributed by atoms with Crippen LogP contribution in [0, 0.1) is 5.41 Å². The molecule has 7 rings (SSSR count). The number of methoxy groups -OCH3 is 1. The number of carbonyl (C=O) groups is 2. The van der Waals surface area contributed by atoms with Crippen molar-refractivity contribution < 1.29 is 38.0 Å². The molecule has 0 N–H and O–H groups in total. The maximum Gasteiger partial charge on any atom is 0.319 e. The minimum absolute atomic E-state index is 0.190. The van der Waals surface area contributed by atoms with Crippen LogP contribution in [0.4, 0.5) is 0 Å². The molecule has 320 valence electrons. The normalized spacial score (nSPS) is 13.1. The predicted molar refractivity (Wildman–Crippen MR) is 242 cm³/mol. The molecule has 0 bridgehead atoms. The van der Waals surface area contributed by atoms with E-state index < -0.39 is 16.4 Å². The summed E-state index contributed by atoms with van der Waals surface area (Å²) in [7, 11) is 1.66. The Hall–Kier alpha value is -6.38. The maximum absolute atomic E-state index is 13.6. The summed E-state index contributed by atoms with van der Waals surface area (Å²) in [5.41, 5.74) is 6.52. The van der Waals surface area contributed by atoms with Gasteiger partial charge in [0.05, 0.1) is 30.1 Å². The van der Waals surface area contributed by atoms with E-state index in [1.54, 1.807) is 7.11 Å². The monoisotopic (exact) mass is 832 g/mol. The summed E-state index contributed by atoms with van der Waals surface area (Å²) >= 11 is 0. The summed E-state index contributed by atoms with van der Waals surface area (Å²) < 4.78 is 34.8. The second-order valence-electron chi connectivity index (χ2n) is 17.2. The van der Waals surface area contributed by atoms with E-state index in [0.717, 1.165) is 28.0 Å². The van der Waals surface area contributed by atoms with Crippen molar-refractivity contribution in [3.8, 4) is 34.1 Å². The molecular formula is C54H56O8. The summed E-state index contributed by atoms with van der Waals surface area (Å²) in [5.74, 6) is 1.98. The zero-order chi connectivity index (χ0) is 44.1. The number of carbonyl (C=O) groups excluding carboxylic acids is 2. The van der Waals surface area contributed by atoms with Gasteiger partial charge in [0.25, 0.3) is 0 Å². The number of ether oxygens (including phenoxy) is 6. The smallest absolute Gasteiger partial charge is 0.319 e. The summed E-state index contributed by atoms with van der Waals surface area (Å²) in [6, 6.07) is 49.3. The second kappa shape index (κ2) is 17.9. The van der Waals surface area contributed by atoms with Crippen LogP contribution in [0.2, 0.25) is 0 Å². The number of benzene rings is 6. The lowest BCUT2D eigenvalue weighted by molar-refractivity contribution is -0.166. The van der Waals surface area contributed by atoms with Crippen molar-refractivity contribution in [2.45, 2.75) is 64.9 Å². The Balaban J connectivity index is 1.01. The van der Waals surface area contributed by atoms with E-state index in [9.17, 15) is 9.59 Å². The average Bonchev–Trinajstić information content (AvgIpc) is 3.58. The average molecular weight is 833 g/mol. The highest BCUT2D eigenvalue weighted by molar-refractivity contribution is 5.86. The van der Waals surface area contributed by atoms with Crippen LogP contribution >= 0.6 is 0 Å². The first kappa shape index (κ1) is 43.7. The topological polar surface area (TPSA) is 89.5 Å². The Kier molecular flexibility index (Phi) is 12.6. The van der Waals surface area contributed by atoms with Gasteiger partial charge in [-0.05, 0) is 121 Å². The van der Waals surface area contributed by atoms with Crippen LogP contribution in [0.3, 0.4) is 0 Å². The molecule has 62 heavy (non-hydrogen) atoms. The fourth-order valence-corrected chi connectivity index (χ4v) is 8.20. The standard InChI is InChI=1S/C54H56O8/c1-37(55)58-33-34-59-43-27-21-40(22-28-43)54(48-15-11-9-13-46(48)47-14-10-12-16-49(47)54)41-23-29-44(30-24-41)60-35-36-61-53(6,7)52(4,5)50(56)62-45-31-19-39(20-32-45)51(2,3)38-17-25-42(57-8)26-18-38/h9-32H,33-36H2,1-8H3. The third kappa shape index (κ3) is 8.57. The molecule has 0 atom stereocenters. The number of hydrogen-bond donors (Lipinski definition) is 0. The molecule has 8 nitrogen and oxygen atoms in total. The lowest BCUT2D eigenvalue weighted by Gasteiger charge is -2.39. The molecule has 0 aliphatic heterocycles. The molecular weight excluding hydrogens is 777 g/mol. The Morgan fingerprint density at radius 1 is 0.516 bits per heavy atom. The van der Waals surface area contributed by atoms with Gasteiger partial charge in [-0.2, -0.15) is 0 Å². The summed E-state index contributed by atoms with van der Waals surface area (Å²) in [5, 5.41) is 0. The Labute approximate surface area is 365 Å². The molecule has 0 saturated heterocycles. The minimum atomic E-state index is -0.980. The van der Waals surface area contributed by atoms with Crippen molar-refractivity contribution in [1.29, 1.82) is 0 Å². The van der Waals surface area contributed by atoms with Crippen LogP contribution in [0.5, 0.6) is 23.0 Å². The van der Waals surface area contributed by atoms with Gasteiger partial charge in [0.1, 0.15) is 42.8 Å². The van der Waals surface area contributed by atoms with Crippen molar-refractivity contribution in [2.24, 2.45) is 5.41 Å². The van der Waals surface area contributed by atoms with Gasteiger partial charge in [-0.25, -0.2) is 0 Å². The quantitative estimate of drug-likeness (QED) is 0.0509. The fourth-order valence-electron chi connectivity index (χ4n) is 8.20. The summed E-state index contributed by atoms with van der Waals surface area (Å²) in [4.78, 5) is 24.8. The maximum atomic E-state index is 13.6. The van der Waals surface area contributed by atoms with Crippen molar-refractivity contribution in [3.63, 3.8) is 0 Å². The Bertz CT molecular complexity index is 2440. The minimum Gasteiger partial charge on any atom is -0.497 e. The fraction of sp³-hybridized carbons (Fsp3) is 0.296. The number of esters is 2. The Morgan fingerprint density at radius 2 is 0.952 bits per heavy atom. The van der Waals surface area contributed by atoms with E-state index in [1.807, 2.05) is 88.4 Å². The number of fused-ring (bicyclic) bond motifs is 3. The van der Waals surface area contributed by atoms with Gasteiger partial charge in [-0.1, -0.05) is 111 Å². The molecule has 0 heterocycles. The van der Waals surface area contributed by atoms with E-state index in [-0.39, 0.29) is 43.8 Å². The van der Waals surface area contributed by atoms with Gasteiger partial charge < -0.3 is 28.4 Å². The molecule has 0 unspecified atom stereocenters. The highest BCUT2D eigenvalue weighted by atomic mass is 16.6. The largest absolute Gasteiger partial charge is 0.497 e. The third-order valence-electron chi connectivity index (χ3n) is 12.6. The van der Waals surface area contributed by atoms with Crippen LogP contribution < -0.4 is 18.9 Å². The molecule has 6 aromatic carbocycles. The zero-order valence-corrected chi connectivity index (χ0v) is 37.0. The van der Waals surface area contributed by atoms with E-state index in [1.165, 1.54) is 29.2 Å². The summed E-state index contributed by atoms with van der Waals surface area (Å²) in [6.45, 7) is 14.2. The molecule has 0 amide bonds. The van der Waals surface area contributed by atoms with Crippen LogP contribution in [0.25, 0.3) is 11.1 Å². The molecule has 0 aromatic heterocycles. The second-order valence-corrected chi connectivity index (χ2v) is 17.2. The lowest BCUT2D eigenvalue weighted by Crippen LogP contribution is -2.49. The van der Waals surface area contributed by atoms with Crippen molar-refractivity contribution in [2.75, 3.05) is 33.5 Å². The molecule has 0 radical (unpaired) electrons.